The molecule has 0 aliphatic heterocycles. The maximum absolute atomic E-state index is 8.76. The quantitative estimate of drug-likeness (QED) is 0.591. The van der Waals surface area contributed by atoms with Crippen LogP contribution in [0.2, 0.25) is 0 Å². The van der Waals surface area contributed by atoms with Gasteiger partial charge in [-0.25, -0.2) is 0 Å². The molecule has 1 aromatic rings. The first-order valence-corrected chi connectivity index (χ1v) is 6.50. The second-order valence-electron chi connectivity index (χ2n) is 1.45. The van der Waals surface area contributed by atoms with E-state index in [-0.39, 0.29) is 29.6 Å². The zero-order valence-corrected chi connectivity index (χ0v) is 8.78. The molecule has 0 saturated carbocycles. The average molecular weight is 298 g/mol. The van der Waals surface area contributed by atoms with E-state index in [0.717, 1.165) is 0 Å². The van der Waals surface area contributed by atoms with Crippen LogP contribution >= 0.6 is 0 Å². The van der Waals surface area contributed by atoms with Crippen LogP contribution in [0.1, 0.15) is 4.44 Å². The molecule has 0 spiro atoms. The third-order valence-corrected chi connectivity index (χ3v) is 2.34. The second-order valence-corrected chi connectivity index (χ2v) is 4.84. The van der Waals surface area contributed by atoms with Gasteiger partial charge in [-0.1, -0.05) is 0 Å². The molecule has 0 unspecified atom stereocenters. The molecule has 1 heterocycles. The summed E-state index contributed by atoms with van der Waals surface area (Å²) < 4.78 is 24.7. The van der Waals surface area contributed by atoms with E-state index in [0.29, 0.717) is 14.5 Å². The standard InChI is InChI=1S/C5H6Se.Na.H2O3Se.H/c1-5-3-2-4-6-5;;1-4(2)3;/h2-4H,1H3;;(H2,1,2,3);. The molecule has 0 aromatic carbocycles. The topological polar surface area (TPSA) is 57.5 Å². The van der Waals surface area contributed by atoms with Crippen molar-refractivity contribution in [3.8, 4) is 0 Å². The average Bonchev–Trinajstić information content (AvgIpc) is 2.15. The van der Waals surface area contributed by atoms with Gasteiger partial charge in [0.25, 0.3) is 0 Å². The monoisotopic (exact) mass is 300 g/mol. The fourth-order valence-electron chi connectivity index (χ4n) is 0.361. The van der Waals surface area contributed by atoms with Crippen LogP contribution in [0.15, 0.2) is 17.1 Å². The maximum atomic E-state index is 8.76. The van der Waals surface area contributed by atoms with Gasteiger partial charge in [-0.3, -0.25) is 0 Å². The van der Waals surface area contributed by atoms with Crippen LogP contribution in [0.5, 0.6) is 0 Å². The van der Waals surface area contributed by atoms with E-state index in [1.807, 2.05) is 0 Å². The third kappa shape index (κ3) is 14.1. The molecule has 1 rings (SSSR count). The molecular weight excluding hydrogens is 289 g/mol. The molecule has 0 aliphatic carbocycles. The van der Waals surface area contributed by atoms with Crippen molar-refractivity contribution in [2.45, 2.75) is 6.92 Å². The normalized spacial score (nSPS) is 8.00. The summed E-state index contributed by atoms with van der Waals surface area (Å²) in [4.78, 5) is 2.22. The molecule has 6 heteroatoms. The Labute approximate surface area is 98.2 Å². The number of aryl methyl sites for hydroxylation is 1. The molecule has 2 N–H and O–H groups in total. The van der Waals surface area contributed by atoms with Gasteiger partial charge in [-0.05, 0) is 0 Å². The van der Waals surface area contributed by atoms with E-state index in [9.17, 15) is 0 Å². The predicted molar refractivity (Wildman–Crippen MR) is 46.1 cm³/mol. The van der Waals surface area contributed by atoms with Crippen LogP contribution in [0.3, 0.4) is 0 Å². The Morgan fingerprint density at radius 1 is 1.55 bits per heavy atom. The van der Waals surface area contributed by atoms with Gasteiger partial charge in [0, 0.05) is 0 Å². The van der Waals surface area contributed by atoms with Crippen molar-refractivity contribution in [1.82, 2.24) is 0 Å². The van der Waals surface area contributed by atoms with Crippen molar-refractivity contribution < 1.29 is 12.2 Å². The summed E-state index contributed by atoms with van der Waals surface area (Å²) in [6.45, 7) is 2.17. The van der Waals surface area contributed by atoms with Gasteiger partial charge >= 0.3 is 99.2 Å². The zero-order valence-electron chi connectivity index (χ0n) is 5.35. The van der Waals surface area contributed by atoms with Gasteiger partial charge in [0.15, 0.2) is 0 Å². The van der Waals surface area contributed by atoms with Crippen molar-refractivity contribution in [1.29, 1.82) is 0 Å². The Balaban J connectivity index is 0. The van der Waals surface area contributed by atoms with Gasteiger partial charge in [-0.15, -0.1) is 0 Å². The second kappa shape index (κ2) is 9.33. The number of rotatable bonds is 0. The fourth-order valence-corrected chi connectivity index (χ4v) is 1.47. The molecule has 0 fully saturated rings. The Kier molecular flexibility index (Phi) is 12.5. The van der Waals surface area contributed by atoms with Crippen LogP contribution in [-0.2, 0) is 3.83 Å². The first kappa shape index (κ1) is 14.7. The summed E-state index contributed by atoms with van der Waals surface area (Å²) in [7, 11) is 0. The molecule has 1 aromatic heterocycles. The van der Waals surface area contributed by atoms with Crippen LogP contribution in [-0.4, -0.2) is 66.9 Å². The van der Waals surface area contributed by atoms with Crippen molar-refractivity contribution in [3.05, 3.63) is 21.5 Å². The molecule has 3 nitrogen and oxygen atoms in total. The Morgan fingerprint density at radius 3 is 2.09 bits per heavy atom. The summed E-state index contributed by atoms with van der Waals surface area (Å²) in [6.07, 6.45) is 0. The Hall–Kier alpha value is 1.24. The molecular formula is C5H9NaO3Se2. The number of hydrogen-bond acceptors (Lipinski definition) is 1. The Morgan fingerprint density at radius 2 is 2.00 bits per heavy atom. The first-order chi connectivity index (χ1) is 4.63. The van der Waals surface area contributed by atoms with Crippen molar-refractivity contribution in [2.24, 2.45) is 0 Å². The van der Waals surface area contributed by atoms with Gasteiger partial charge < -0.3 is 0 Å². The summed E-state index contributed by atoms with van der Waals surface area (Å²) in [5.74, 6) is 0. The van der Waals surface area contributed by atoms with Crippen molar-refractivity contribution >= 4 is 58.6 Å². The van der Waals surface area contributed by atoms with Crippen molar-refractivity contribution in [2.75, 3.05) is 0 Å². The molecule has 0 saturated heterocycles. The van der Waals surface area contributed by atoms with E-state index in [1.165, 1.54) is 4.44 Å². The third-order valence-electron chi connectivity index (χ3n) is 0.663. The fraction of sp³-hybridized carbons (Fsp3) is 0.200. The van der Waals surface area contributed by atoms with Crippen molar-refractivity contribution in [3.63, 3.8) is 0 Å². The molecule has 11 heavy (non-hydrogen) atoms. The van der Waals surface area contributed by atoms with E-state index in [1.54, 1.807) is 0 Å². The van der Waals surface area contributed by atoms with Crippen LogP contribution in [0.25, 0.3) is 0 Å². The summed E-state index contributed by atoms with van der Waals surface area (Å²) in [5, 5.41) is 0. The minimum atomic E-state index is -3.29. The van der Waals surface area contributed by atoms with Crippen LogP contribution in [0.4, 0.5) is 0 Å². The van der Waals surface area contributed by atoms with E-state index < -0.39 is 14.5 Å². The van der Waals surface area contributed by atoms with Gasteiger partial charge in [0.05, 0.1) is 0 Å². The zero-order chi connectivity index (χ0) is 7.98. The molecule has 0 atom stereocenters. The van der Waals surface area contributed by atoms with E-state index in [4.69, 9.17) is 12.2 Å². The van der Waals surface area contributed by atoms with Crippen LogP contribution in [0, 0.1) is 6.92 Å². The minimum absolute atomic E-state index is 0. The van der Waals surface area contributed by atoms with Gasteiger partial charge in [0.1, 0.15) is 0 Å². The molecule has 60 valence electrons. The number of hydrogen-bond donors (Lipinski definition) is 2. The van der Waals surface area contributed by atoms with Gasteiger partial charge in [-0.2, -0.15) is 0 Å². The van der Waals surface area contributed by atoms with E-state index in [2.05, 4.69) is 24.0 Å². The van der Waals surface area contributed by atoms with E-state index >= 15 is 0 Å². The van der Waals surface area contributed by atoms with Crippen LogP contribution < -0.4 is 0 Å². The summed E-state index contributed by atoms with van der Waals surface area (Å²) in [5.41, 5.74) is 0. The summed E-state index contributed by atoms with van der Waals surface area (Å²) >= 11 is -2.58. The molecule has 0 aliphatic rings. The predicted octanol–water partition coefficient (Wildman–Crippen LogP) is -1.21. The summed E-state index contributed by atoms with van der Waals surface area (Å²) in [6, 6.07) is 4.29. The Bertz CT molecular complexity index is 184. The first-order valence-electron chi connectivity index (χ1n) is 2.43. The molecule has 0 bridgehead atoms. The molecule has 0 amide bonds. The molecule has 0 radical (unpaired) electrons. The SMILES string of the molecule is Cc1ccc[se]1.O=[Se](O)O.[NaH]. The van der Waals surface area contributed by atoms with Gasteiger partial charge in [0.2, 0.25) is 0 Å².